The molecular formula is C14H16O2. The monoisotopic (exact) mass is 216 g/mol. The van der Waals surface area contributed by atoms with Crippen LogP contribution in [0.15, 0.2) is 42.0 Å². The Morgan fingerprint density at radius 1 is 1.25 bits per heavy atom. The molecule has 1 aromatic carbocycles. The lowest BCUT2D eigenvalue weighted by atomic mass is 9.79. The molecule has 0 unspecified atom stereocenters. The number of carboxylic acids is 1. The zero-order valence-corrected chi connectivity index (χ0v) is 9.23. The minimum absolute atomic E-state index is 0.311. The number of hydrogen-bond acceptors (Lipinski definition) is 1. The van der Waals surface area contributed by atoms with Gasteiger partial charge in [-0.05, 0) is 24.8 Å². The fourth-order valence-electron chi connectivity index (χ4n) is 2.43. The Morgan fingerprint density at radius 3 is 2.69 bits per heavy atom. The van der Waals surface area contributed by atoms with E-state index in [0.717, 1.165) is 24.8 Å². The highest BCUT2D eigenvalue weighted by Gasteiger charge is 2.20. The van der Waals surface area contributed by atoms with E-state index in [1.165, 1.54) is 18.1 Å². The van der Waals surface area contributed by atoms with Crippen molar-refractivity contribution in [1.29, 1.82) is 0 Å². The van der Waals surface area contributed by atoms with Crippen molar-refractivity contribution in [2.75, 3.05) is 0 Å². The van der Waals surface area contributed by atoms with Crippen LogP contribution in [0, 0.1) is 0 Å². The van der Waals surface area contributed by atoms with E-state index < -0.39 is 5.97 Å². The van der Waals surface area contributed by atoms with Gasteiger partial charge in [-0.3, -0.25) is 0 Å². The summed E-state index contributed by atoms with van der Waals surface area (Å²) >= 11 is 0. The molecule has 1 aliphatic carbocycles. The topological polar surface area (TPSA) is 37.3 Å². The minimum atomic E-state index is -0.821. The van der Waals surface area contributed by atoms with Crippen LogP contribution in [-0.2, 0) is 4.79 Å². The quantitative estimate of drug-likeness (QED) is 0.770. The third kappa shape index (κ3) is 2.51. The molecule has 2 rings (SSSR count). The Balaban J connectivity index is 2.27. The summed E-state index contributed by atoms with van der Waals surface area (Å²) in [7, 11) is 0. The first-order valence-corrected chi connectivity index (χ1v) is 5.75. The van der Waals surface area contributed by atoms with Crippen LogP contribution in [-0.4, -0.2) is 11.1 Å². The molecule has 2 nitrogen and oxygen atoms in total. The van der Waals surface area contributed by atoms with Gasteiger partial charge >= 0.3 is 5.97 Å². The lowest BCUT2D eigenvalue weighted by Gasteiger charge is -2.25. The van der Waals surface area contributed by atoms with E-state index in [1.54, 1.807) is 0 Å². The number of benzene rings is 1. The van der Waals surface area contributed by atoms with Crippen molar-refractivity contribution in [3.8, 4) is 0 Å². The van der Waals surface area contributed by atoms with Crippen LogP contribution in [0.5, 0.6) is 0 Å². The molecule has 0 heterocycles. The second kappa shape index (κ2) is 4.97. The van der Waals surface area contributed by atoms with Crippen molar-refractivity contribution in [1.82, 2.24) is 0 Å². The van der Waals surface area contributed by atoms with Gasteiger partial charge in [0.15, 0.2) is 0 Å². The third-order valence-electron chi connectivity index (χ3n) is 3.17. The van der Waals surface area contributed by atoms with E-state index in [4.69, 9.17) is 5.11 Å². The van der Waals surface area contributed by atoms with Crippen molar-refractivity contribution >= 4 is 5.97 Å². The second-order valence-electron chi connectivity index (χ2n) is 4.27. The SMILES string of the molecule is O=C(O)/C=C1\CCCC[C@@H]1c1ccccc1. The van der Waals surface area contributed by atoms with Gasteiger partial charge in [-0.2, -0.15) is 0 Å². The molecule has 1 atom stereocenters. The predicted molar refractivity (Wildman–Crippen MR) is 63.4 cm³/mol. The van der Waals surface area contributed by atoms with Gasteiger partial charge in [0.25, 0.3) is 0 Å². The largest absolute Gasteiger partial charge is 0.478 e. The van der Waals surface area contributed by atoms with Crippen LogP contribution in [0.3, 0.4) is 0 Å². The molecule has 0 spiro atoms. The van der Waals surface area contributed by atoms with Crippen molar-refractivity contribution in [3.63, 3.8) is 0 Å². The standard InChI is InChI=1S/C14H16O2/c15-14(16)10-12-8-4-5-9-13(12)11-6-2-1-3-7-11/h1-3,6-7,10,13H,4-5,8-9H2,(H,15,16)/b12-10+/t13-/m1/s1. The highest BCUT2D eigenvalue weighted by Crippen LogP contribution is 2.36. The first-order valence-electron chi connectivity index (χ1n) is 5.75. The van der Waals surface area contributed by atoms with Gasteiger partial charge in [0.1, 0.15) is 0 Å². The Kier molecular flexibility index (Phi) is 3.40. The Bertz CT molecular complexity index is 392. The summed E-state index contributed by atoms with van der Waals surface area (Å²) in [6.07, 6.45) is 5.70. The maximum atomic E-state index is 10.8. The van der Waals surface area contributed by atoms with Gasteiger partial charge in [0.05, 0.1) is 0 Å². The van der Waals surface area contributed by atoms with E-state index in [0.29, 0.717) is 5.92 Å². The number of carbonyl (C=O) groups is 1. The van der Waals surface area contributed by atoms with Gasteiger partial charge in [-0.15, -0.1) is 0 Å². The first kappa shape index (κ1) is 10.9. The highest BCUT2D eigenvalue weighted by atomic mass is 16.4. The maximum Gasteiger partial charge on any atom is 0.328 e. The predicted octanol–water partition coefficient (Wildman–Crippen LogP) is 3.36. The van der Waals surface area contributed by atoms with E-state index in [1.807, 2.05) is 18.2 Å². The van der Waals surface area contributed by atoms with Gasteiger partial charge in [0.2, 0.25) is 0 Å². The number of rotatable bonds is 2. The normalized spacial score (nSPS) is 23.2. The molecular weight excluding hydrogens is 200 g/mol. The average Bonchev–Trinajstić information content (AvgIpc) is 2.30. The Morgan fingerprint density at radius 2 is 2.00 bits per heavy atom. The molecule has 0 radical (unpaired) electrons. The van der Waals surface area contributed by atoms with Gasteiger partial charge < -0.3 is 5.11 Å². The number of hydrogen-bond donors (Lipinski definition) is 1. The molecule has 0 aromatic heterocycles. The Hall–Kier alpha value is -1.57. The van der Waals surface area contributed by atoms with E-state index in [-0.39, 0.29) is 0 Å². The van der Waals surface area contributed by atoms with E-state index in [2.05, 4.69) is 12.1 Å². The van der Waals surface area contributed by atoms with Crippen molar-refractivity contribution < 1.29 is 9.90 Å². The summed E-state index contributed by atoms with van der Waals surface area (Å²) in [6, 6.07) is 10.2. The molecule has 0 bridgehead atoms. The Labute approximate surface area is 95.6 Å². The zero-order chi connectivity index (χ0) is 11.4. The number of allylic oxidation sites excluding steroid dienone is 1. The molecule has 1 N–H and O–H groups in total. The smallest absolute Gasteiger partial charge is 0.328 e. The second-order valence-corrected chi connectivity index (χ2v) is 4.27. The van der Waals surface area contributed by atoms with Crippen molar-refractivity contribution in [2.24, 2.45) is 0 Å². The average molecular weight is 216 g/mol. The van der Waals surface area contributed by atoms with Crippen LogP contribution >= 0.6 is 0 Å². The third-order valence-corrected chi connectivity index (χ3v) is 3.17. The first-order chi connectivity index (χ1) is 7.77. The lowest BCUT2D eigenvalue weighted by Crippen LogP contribution is -2.10. The number of carboxylic acid groups (broad SMARTS) is 1. The highest BCUT2D eigenvalue weighted by molar-refractivity contribution is 5.81. The molecule has 1 saturated carbocycles. The molecule has 0 saturated heterocycles. The molecule has 1 aliphatic rings. The molecule has 84 valence electrons. The summed E-state index contributed by atoms with van der Waals surface area (Å²) in [6.45, 7) is 0. The van der Waals surface area contributed by atoms with E-state index >= 15 is 0 Å². The summed E-state index contributed by atoms with van der Waals surface area (Å²) < 4.78 is 0. The molecule has 0 amide bonds. The molecule has 1 fully saturated rings. The minimum Gasteiger partial charge on any atom is -0.478 e. The maximum absolute atomic E-state index is 10.8. The van der Waals surface area contributed by atoms with Crippen LogP contribution in [0.4, 0.5) is 0 Å². The summed E-state index contributed by atoms with van der Waals surface area (Å²) in [4.78, 5) is 10.8. The fourth-order valence-corrected chi connectivity index (χ4v) is 2.43. The van der Waals surface area contributed by atoms with Gasteiger partial charge in [-0.1, -0.05) is 42.3 Å². The van der Waals surface area contributed by atoms with Crippen LogP contribution in [0.25, 0.3) is 0 Å². The molecule has 1 aromatic rings. The lowest BCUT2D eigenvalue weighted by molar-refractivity contribution is -0.131. The summed E-state index contributed by atoms with van der Waals surface area (Å²) in [5, 5.41) is 8.85. The van der Waals surface area contributed by atoms with Crippen LogP contribution < -0.4 is 0 Å². The molecule has 2 heteroatoms. The zero-order valence-electron chi connectivity index (χ0n) is 9.23. The van der Waals surface area contributed by atoms with Gasteiger partial charge in [-0.25, -0.2) is 4.79 Å². The van der Waals surface area contributed by atoms with Crippen LogP contribution in [0.2, 0.25) is 0 Å². The van der Waals surface area contributed by atoms with Crippen LogP contribution in [0.1, 0.15) is 37.2 Å². The molecule has 16 heavy (non-hydrogen) atoms. The fraction of sp³-hybridized carbons (Fsp3) is 0.357. The summed E-state index contributed by atoms with van der Waals surface area (Å²) in [5.41, 5.74) is 2.32. The van der Waals surface area contributed by atoms with Crippen molar-refractivity contribution in [2.45, 2.75) is 31.6 Å². The van der Waals surface area contributed by atoms with Gasteiger partial charge in [0, 0.05) is 12.0 Å². The summed E-state index contributed by atoms with van der Waals surface area (Å²) in [5.74, 6) is -0.510. The van der Waals surface area contributed by atoms with E-state index in [9.17, 15) is 4.79 Å². The number of aliphatic carboxylic acids is 1. The molecule has 0 aliphatic heterocycles. The van der Waals surface area contributed by atoms with Crippen molar-refractivity contribution in [3.05, 3.63) is 47.5 Å².